The summed E-state index contributed by atoms with van der Waals surface area (Å²) in [5, 5.41) is 2.84. The SMILES string of the molecule is C#CCSCCNC(=O)Cc1cccc(N)c1. The Morgan fingerprint density at radius 2 is 2.35 bits per heavy atom. The van der Waals surface area contributed by atoms with Gasteiger partial charge in [0.15, 0.2) is 0 Å². The van der Waals surface area contributed by atoms with Crippen LogP contribution >= 0.6 is 11.8 Å². The summed E-state index contributed by atoms with van der Waals surface area (Å²) in [5.41, 5.74) is 7.25. The fourth-order valence-corrected chi connectivity index (χ4v) is 1.85. The lowest BCUT2D eigenvalue weighted by atomic mass is 10.1. The first-order valence-corrected chi connectivity index (χ1v) is 6.50. The van der Waals surface area contributed by atoms with E-state index in [0.717, 1.165) is 11.3 Å². The van der Waals surface area contributed by atoms with Gasteiger partial charge in [-0.25, -0.2) is 0 Å². The van der Waals surface area contributed by atoms with Gasteiger partial charge in [0.05, 0.1) is 12.2 Å². The summed E-state index contributed by atoms with van der Waals surface area (Å²) in [4.78, 5) is 11.6. The van der Waals surface area contributed by atoms with Crippen LogP contribution < -0.4 is 11.1 Å². The molecule has 3 nitrogen and oxygen atoms in total. The number of nitrogen functional groups attached to an aromatic ring is 1. The van der Waals surface area contributed by atoms with E-state index in [1.54, 1.807) is 17.8 Å². The third-order valence-electron chi connectivity index (χ3n) is 2.07. The van der Waals surface area contributed by atoms with Crippen molar-refractivity contribution >= 4 is 23.4 Å². The Labute approximate surface area is 106 Å². The fourth-order valence-electron chi connectivity index (χ4n) is 1.34. The number of hydrogen-bond donors (Lipinski definition) is 2. The van der Waals surface area contributed by atoms with E-state index in [-0.39, 0.29) is 5.91 Å². The molecule has 0 aromatic heterocycles. The van der Waals surface area contributed by atoms with Crippen molar-refractivity contribution in [2.45, 2.75) is 6.42 Å². The van der Waals surface area contributed by atoms with Crippen molar-refractivity contribution in [2.24, 2.45) is 0 Å². The fraction of sp³-hybridized carbons (Fsp3) is 0.308. The topological polar surface area (TPSA) is 55.1 Å². The van der Waals surface area contributed by atoms with Gasteiger partial charge in [-0.1, -0.05) is 18.1 Å². The maximum absolute atomic E-state index is 11.6. The van der Waals surface area contributed by atoms with Gasteiger partial charge in [0.2, 0.25) is 5.91 Å². The zero-order valence-corrected chi connectivity index (χ0v) is 10.4. The second kappa shape index (κ2) is 7.64. The van der Waals surface area contributed by atoms with Crippen molar-refractivity contribution in [1.82, 2.24) is 5.32 Å². The van der Waals surface area contributed by atoms with Crippen LogP contribution in [0, 0.1) is 12.3 Å². The van der Waals surface area contributed by atoms with Gasteiger partial charge in [-0.3, -0.25) is 4.79 Å². The predicted molar refractivity (Wildman–Crippen MR) is 73.7 cm³/mol. The van der Waals surface area contributed by atoms with Crippen molar-refractivity contribution in [2.75, 3.05) is 23.8 Å². The Hall–Kier alpha value is -1.60. The minimum atomic E-state index is 0.0110. The Morgan fingerprint density at radius 1 is 1.53 bits per heavy atom. The van der Waals surface area contributed by atoms with E-state index in [9.17, 15) is 4.79 Å². The van der Waals surface area contributed by atoms with Crippen LogP contribution in [0.25, 0.3) is 0 Å². The van der Waals surface area contributed by atoms with E-state index in [1.807, 2.05) is 18.2 Å². The summed E-state index contributed by atoms with van der Waals surface area (Å²) in [5.74, 6) is 4.08. The molecule has 0 radical (unpaired) electrons. The van der Waals surface area contributed by atoms with E-state index in [1.165, 1.54) is 0 Å². The Kier molecular flexibility index (Phi) is 6.05. The second-order valence-electron chi connectivity index (χ2n) is 3.53. The maximum atomic E-state index is 11.6. The van der Waals surface area contributed by atoms with Crippen molar-refractivity contribution in [3.63, 3.8) is 0 Å². The third-order valence-corrected chi connectivity index (χ3v) is 2.93. The Morgan fingerprint density at radius 3 is 3.06 bits per heavy atom. The molecule has 4 heteroatoms. The highest BCUT2D eigenvalue weighted by atomic mass is 32.2. The zero-order valence-electron chi connectivity index (χ0n) is 9.61. The summed E-state index contributed by atoms with van der Waals surface area (Å²) < 4.78 is 0. The van der Waals surface area contributed by atoms with E-state index >= 15 is 0 Å². The summed E-state index contributed by atoms with van der Waals surface area (Å²) in [6.07, 6.45) is 5.48. The van der Waals surface area contributed by atoms with Crippen molar-refractivity contribution < 1.29 is 4.79 Å². The minimum absolute atomic E-state index is 0.0110. The van der Waals surface area contributed by atoms with Crippen LogP contribution in [0.2, 0.25) is 0 Å². The number of carbonyl (C=O) groups is 1. The van der Waals surface area contributed by atoms with Crippen molar-refractivity contribution in [1.29, 1.82) is 0 Å². The number of nitrogens with one attached hydrogen (secondary N) is 1. The van der Waals surface area contributed by atoms with Crippen LogP contribution in [0.1, 0.15) is 5.56 Å². The van der Waals surface area contributed by atoms with Crippen LogP contribution in [0.15, 0.2) is 24.3 Å². The summed E-state index contributed by atoms with van der Waals surface area (Å²) in [7, 11) is 0. The molecular formula is C13H16N2OS. The predicted octanol–water partition coefficient (Wildman–Crippen LogP) is 1.29. The highest BCUT2D eigenvalue weighted by Crippen LogP contribution is 2.06. The van der Waals surface area contributed by atoms with E-state index in [2.05, 4.69) is 11.2 Å². The average molecular weight is 248 g/mol. The normalized spacial score (nSPS) is 9.59. The molecule has 0 bridgehead atoms. The van der Waals surface area contributed by atoms with Crippen LogP contribution in [0.5, 0.6) is 0 Å². The monoisotopic (exact) mass is 248 g/mol. The number of rotatable bonds is 6. The van der Waals surface area contributed by atoms with Crippen molar-refractivity contribution in [3.8, 4) is 12.3 Å². The first-order chi connectivity index (χ1) is 8.22. The molecule has 0 saturated heterocycles. The average Bonchev–Trinajstić information content (AvgIpc) is 2.29. The smallest absolute Gasteiger partial charge is 0.224 e. The molecule has 0 spiro atoms. The molecule has 1 amide bonds. The molecule has 90 valence electrons. The molecule has 1 aromatic carbocycles. The van der Waals surface area contributed by atoms with Crippen LogP contribution in [-0.2, 0) is 11.2 Å². The molecule has 0 heterocycles. The zero-order chi connectivity index (χ0) is 12.5. The number of benzene rings is 1. The van der Waals surface area contributed by atoms with E-state index in [4.69, 9.17) is 12.2 Å². The highest BCUT2D eigenvalue weighted by Gasteiger charge is 2.02. The lowest BCUT2D eigenvalue weighted by Crippen LogP contribution is -2.27. The lowest BCUT2D eigenvalue weighted by molar-refractivity contribution is -0.120. The molecule has 1 aromatic rings. The van der Waals surface area contributed by atoms with E-state index in [0.29, 0.717) is 24.4 Å². The minimum Gasteiger partial charge on any atom is -0.399 e. The van der Waals surface area contributed by atoms with Gasteiger partial charge in [0, 0.05) is 18.0 Å². The van der Waals surface area contributed by atoms with Gasteiger partial charge in [-0.05, 0) is 17.7 Å². The maximum Gasteiger partial charge on any atom is 0.224 e. The number of amides is 1. The molecule has 0 saturated carbocycles. The molecule has 0 aliphatic heterocycles. The Balaban J connectivity index is 2.23. The Bertz CT molecular complexity index is 412. The summed E-state index contributed by atoms with van der Waals surface area (Å²) in [6, 6.07) is 7.36. The van der Waals surface area contributed by atoms with Gasteiger partial charge < -0.3 is 11.1 Å². The van der Waals surface area contributed by atoms with Gasteiger partial charge in [-0.15, -0.1) is 18.2 Å². The molecule has 0 fully saturated rings. The number of nitrogens with two attached hydrogens (primary N) is 1. The first-order valence-electron chi connectivity index (χ1n) is 5.34. The van der Waals surface area contributed by atoms with Gasteiger partial charge >= 0.3 is 0 Å². The van der Waals surface area contributed by atoms with Crippen LogP contribution in [0.4, 0.5) is 5.69 Å². The van der Waals surface area contributed by atoms with Crippen molar-refractivity contribution in [3.05, 3.63) is 29.8 Å². The van der Waals surface area contributed by atoms with E-state index < -0.39 is 0 Å². The lowest BCUT2D eigenvalue weighted by Gasteiger charge is -2.05. The van der Waals surface area contributed by atoms with Gasteiger partial charge in [-0.2, -0.15) is 0 Å². The molecule has 0 unspecified atom stereocenters. The number of carbonyl (C=O) groups excluding carboxylic acids is 1. The molecule has 3 N–H and O–H groups in total. The summed E-state index contributed by atoms with van der Waals surface area (Å²) >= 11 is 1.63. The third kappa shape index (κ3) is 5.88. The molecule has 17 heavy (non-hydrogen) atoms. The van der Waals surface area contributed by atoms with Gasteiger partial charge in [0.25, 0.3) is 0 Å². The summed E-state index contributed by atoms with van der Waals surface area (Å²) in [6.45, 7) is 0.646. The standard InChI is InChI=1S/C13H16N2OS/c1-2-7-17-8-6-15-13(16)10-11-4-3-5-12(14)9-11/h1,3-5,9H,6-8,10,14H2,(H,15,16). The quantitative estimate of drug-likeness (QED) is 0.453. The molecule has 0 atom stereocenters. The number of terminal acetylenes is 1. The molecule has 0 aliphatic rings. The first kappa shape index (κ1) is 13.5. The molecule has 1 rings (SSSR count). The van der Waals surface area contributed by atoms with Crippen LogP contribution in [0.3, 0.4) is 0 Å². The second-order valence-corrected chi connectivity index (χ2v) is 4.63. The molecule has 0 aliphatic carbocycles. The van der Waals surface area contributed by atoms with Crippen LogP contribution in [-0.4, -0.2) is 24.0 Å². The number of hydrogen-bond acceptors (Lipinski definition) is 3. The molecular weight excluding hydrogens is 232 g/mol. The van der Waals surface area contributed by atoms with Gasteiger partial charge in [0.1, 0.15) is 0 Å². The number of anilines is 1. The largest absolute Gasteiger partial charge is 0.399 e. The highest BCUT2D eigenvalue weighted by molar-refractivity contribution is 7.99. The number of thioether (sulfide) groups is 1.